The van der Waals surface area contributed by atoms with Crippen molar-refractivity contribution in [2.45, 2.75) is 38.4 Å². The van der Waals surface area contributed by atoms with Crippen LogP contribution in [0.3, 0.4) is 0 Å². The number of hydrogen-bond acceptors (Lipinski definition) is 4. The van der Waals surface area contributed by atoms with E-state index in [9.17, 15) is 9.18 Å². The minimum Gasteiger partial charge on any atom is -0.347 e. The third kappa shape index (κ3) is 3.00. The van der Waals surface area contributed by atoms with Crippen LogP contribution in [0.15, 0.2) is 24.3 Å². The molecule has 2 aromatic rings. The van der Waals surface area contributed by atoms with E-state index in [1.807, 2.05) is 10.6 Å². The van der Waals surface area contributed by atoms with E-state index in [0.717, 1.165) is 56.8 Å². The maximum atomic E-state index is 13.4. The molecule has 2 atom stereocenters. The molecule has 0 spiro atoms. The van der Waals surface area contributed by atoms with Crippen LogP contribution in [-0.2, 0) is 19.5 Å². The average molecular weight is 355 g/mol. The molecule has 1 aliphatic carbocycles. The first kappa shape index (κ1) is 15.9. The highest BCUT2D eigenvalue weighted by Gasteiger charge is 2.39. The lowest BCUT2D eigenvalue weighted by Gasteiger charge is -2.25. The number of rotatable bonds is 4. The van der Waals surface area contributed by atoms with Crippen molar-refractivity contribution in [1.82, 2.24) is 25.0 Å². The van der Waals surface area contributed by atoms with Crippen molar-refractivity contribution in [3.8, 4) is 0 Å². The van der Waals surface area contributed by atoms with Gasteiger partial charge in [0.2, 0.25) is 5.82 Å². The fourth-order valence-electron chi connectivity index (χ4n) is 4.29. The molecule has 5 rings (SSSR count). The van der Waals surface area contributed by atoms with E-state index >= 15 is 0 Å². The molecule has 0 bridgehead atoms. The average Bonchev–Trinajstić information content (AvgIpc) is 3.19. The van der Waals surface area contributed by atoms with Crippen LogP contribution in [0, 0.1) is 17.7 Å². The van der Waals surface area contributed by atoms with E-state index < -0.39 is 0 Å². The van der Waals surface area contributed by atoms with Crippen molar-refractivity contribution in [3.63, 3.8) is 0 Å². The first-order valence-corrected chi connectivity index (χ1v) is 9.35. The minimum atomic E-state index is -0.184. The van der Waals surface area contributed by atoms with E-state index in [1.165, 1.54) is 6.07 Å². The van der Waals surface area contributed by atoms with Gasteiger partial charge in [-0.1, -0.05) is 12.1 Å². The highest BCUT2D eigenvalue weighted by molar-refractivity contribution is 5.91. The van der Waals surface area contributed by atoms with Crippen LogP contribution in [-0.4, -0.2) is 44.7 Å². The summed E-state index contributed by atoms with van der Waals surface area (Å²) in [5, 5.41) is 11.4. The number of nitrogens with one attached hydrogen (secondary N) is 1. The minimum absolute atomic E-state index is 0.0979. The van der Waals surface area contributed by atoms with Gasteiger partial charge in [-0.25, -0.2) is 4.39 Å². The molecule has 1 N–H and O–H groups in total. The molecule has 3 aliphatic rings. The maximum Gasteiger partial charge on any atom is 0.289 e. The molecule has 2 aliphatic heterocycles. The number of nitrogens with zero attached hydrogens (tertiary/aromatic N) is 4. The van der Waals surface area contributed by atoms with Crippen LogP contribution in [0.2, 0.25) is 0 Å². The summed E-state index contributed by atoms with van der Waals surface area (Å²) < 4.78 is 15.4. The third-order valence-electron chi connectivity index (χ3n) is 5.75. The SMILES string of the molecule is O=C(NC1CC1)c1nnc2n1C[C@@H]1CN(Cc3cccc(F)c3)C[C@@H]1C2. The zero-order valence-electron chi connectivity index (χ0n) is 14.6. The summed E-state index contributed by atoms with van der Waals surface area (Å²) in [5.74, 6) is 2.10. The van der Waals surface area contributed by atoms with Gasteiger partial charge in [0, 0.05) is 38.6 Å². The number of amides is 1. The molecule has 1 saturated carbocycles. The number of aromatic nitrogens is 3. The Labute approximate surface area is 151 Å². The molecule has 26 heavy (non-hydrogen) atoms. The van der Waals surface area contributed by atoms with Crippen molar-refractivity contribution in [1.29, 1.82) is 0 Å². The van der Waals surface area contributed by atoms with Crippen molar-refractivity contribution >= 4 is 5.91 Å². The normalized spacial score (nSPS) is 25.0. The molecule has 0 radical (unpaired) electrons. The standard InChI is InChI=1S/C19H22FN5O/c20-15-3-1-2-12(6-15)8-24-9-13-7-17-22-23-18(19(26)21-16-4-5-16)25(17)11-14(13)10-24/h1-3,6,13-14,16H,4-5,7-11H2,(H,21,26)/t13-,14-/m0/s1. The van der Waals surface area contributed by atoms with Crippen LogP contribution in [0.4, 0.5) is 4.39 Å². The number of fused-ring (bicyclic) bond motifs is 2. The number of carbonyl (C=O) groups excluding carboxylic acids is 1. The lowest BCUT2D eigenvalue weighted by Crippen LogP contribution is -2.33. The number of likely N-dealkylation sites (tertiary alicyclic amines) is 1. The Hall–Kier alpha value is -2.28. The predicted molar refractivity (Wildman–Crippen MR) is 92.9 cm³/mol. The number of carbonyl (C=O) groups is 1. The van der Waals surface area contributed by atoms with Crippen LogP contribution in [0.5, 0.6) is 0 Å². The van der Waals surface area contributed by atoms with Crippen molar-refractivity contribution < 1.29 is 9.18 Å². The van der Waals surface area contributed by atoms with Gasteiger partial charge in [-0.3, -0.25) is 9.69 Å². The Morgan fingerprint density at radius 2 is 2.04 bits per heavy atom. The summed E-state index contributed by atoms with van der Waals surface area (Å²) >= 11 is 0. The monoisotopic (exact) mass is 355 g/mol. The number of halogens is 1. The lowest BCUT2D eigenvalue weighted by atomic mass is 9.89. The van der Waals surface area contributed by atoms with Crippen molar-refractivity contribution in [3.05, 3.63) is 47.3 Å². The second-order valence-corrected chi connectivity index (χ2v) is 7.85. The van der Waals surface area contributed by atoms with Crippen LogP contribution in [0.1, 0.15) is 34.8 Å². The van der Waals surface area contributed by atoms with E-state index in [1.54, 1.807) is 12.1 Å². The van der Waals surface area contributed by atoms with Gasteiger partial charge in [-0.05, 0) is 42.4 Å². The smallest absolute Gasteiger partial charge is 0.289 e. The summed E-state index contributed by atoms with van der Waals surface area (Å²) in [7, 11) is 0. The van der Waals surface area contributed by atoms with Gasteiger partial charge in [-0.15, -0.1) is 10.2 Å². The summed E-state index contributed by atoms with van der Waals surface area (Å²) in [6, 6.07) is 7.14. The van der Waals surface area contributed by atoms with Gasteiger partial charge >= 0.3 is 0 Å². The van der Waals surface area contributed by atoms with E-state index in [4.69, 9.17) is 0 Å². The van der Waals surface area contributed by atoms with Crippen LogP contribution < -0.4 is 5.32 Å². The molecule has 1 saturated heterocycles. The number of hydrogen-bond donors (Lipinski definition) is 1. The van der Waals surface area contributed by atoms with E-state index in [0.29, 0.717) is 23.7 Å². The Morgan fingerprint density at radius 1 is 1.19 bits per heavy atom. The lowest BCUT2D eigenvalue weighted by molar-refractivity contribution is 0.0932. The van der Waals surface area contributed by atoms with Crippen LogP contribution in [0.25, 0.3) is 0 Å². The van der Waals surface area contributed by atoms with E-state index in [2.05, 4.69) is 20.4 Å². The van der Waals surface area contributed by atoms with Crippen molar-refractivity contribution in [2.24, 2.45) is 11.8 Å². The second kappa shape index (κ2) is 6.16. The Morgan fingerprint density at radius 3 is 2.85 bits per heavy atom. The van der Waals surface area contributed by atoms with Gasteiger partial charge in [0.1, 0.15) is 11.6 Å². The molecule has 3 heterocycles. The molecule has 7 heteroatoms. The van der Waals surface area contributed by atoms with Gasteiger partial charge in [0.05, 0.1) is 0 Å². The fourth-order valence-corrected chi connectivity index (χ4v) is 4.29. The largest absolute Gasteiger partial charge is 0.347 e. The Balaban J connectivity index is 1.28. The summed E-state index contributed by atoms with van der Waals surface area (Å²) in [4.78, 5) is 14.8. The first-order chi connectivity index (χ1) is 12.7. The van der Waals surface area contributed by atoms with Gasteiger partial charge in [-0.2, -0.15) is 0 Å². The Kier molecular flexibility index (Phi) is 3.77. The molecule has 6 nitrogen and oxygen atoms in total. The quantitative estimate of drug-likeness (QED) is 0.905. The molecule has 1 aromatic heterocycles. The summed E-state index contributed by atoms with van der Waals surface area (Å²) in [5.41, 5.74) is 1.01. The van der Waals surface area contributed by atoms with Crippen LogP contribution >= 0.6 is 0 Å². The topological polar surface area (TPSA) is 63.1 Å². The summed E-state index contributed by atoms with van der Waals surface area (Å²) in [6.45, 7) is 3.50. The third-order valence-corrected chi connectivity index (χ3v) is 5.75. The van der Waals surface area contributed by atoms with E-state index in [-0.39, 0.29) is 11.7 Å². The van der Waals surface area contributed by atoms with Gasteiger partial charge in [0.15, 0.2) is 0 Å². The van der Waals surface area contributed by atoms with Gasteiger partial charge < -0.3 is 9.88 Å². The maximum absolute atomic E-state index is 13.4. The van der Waals surface area contributed by atoms with Gasteiger partial charge in [0.25, 0.3) is 5.91 Å². The number of benzene rings is 1. The predicted octanol–water partition coefficient (Wildman–Crippen LogP) is 1.61. The molecular formula is C19H22FN5O. The highest BCUT2D eigenvalue weighted by atomic mass is 19.1. The molecule has 0 unspecified atom stereocenters. The summed E-state index contributed by atoms with van der Waals surface area (Å²) in [6.07, 6.45) is 2.98. The van der Waals surface area contributed by atoms with Crippen molar-refractivity contribution in [2.75, 3.05) is 13.1 Å². The molecule has 136 valence electrons. The zero-order valence-corrected chi connectivity index (χ0v) is 14.6. The Bertz CT molecular complexity index is 846. The molecule has 1 amide bonds. The first-order valence-electron chi connectivity index (χ1n) is 9.35. The highest BCUT2D eigenvalue weighted by Crippen LogP contribution is 2.33. The second-order valence-electron chi connectivity index (χ2n) is 7.85. The molecule has 2 fully saturated rings. The molecule has 1 aromatic carbocycles. The fraction of sp³-hybridized carbons (Fsp3) is 0.526. The zero-order chi connectivity index (χ0) is 17.7. The molecular weight excluding hydrogens is 333 g/mol.